The van der Waals surface area contributed by atoms with Gasteiger partial charge in [0, 0.05) is 18.3 Å². The second kappa shape index (κ2) is 9.54. The third-order valence-corrected chi connectivity index (χ3v) is 6.62. The second-order valence-corrected chi connectivity index (χ2v) is 11.5. The highest BCUT2D eigenvalue weighted by Gasteiger charge is 2.39. The lowest BCUT2D eigenvalue weighted by molar-refractivity contribution is -0.123. The van der Waals surface area contributed by atoms with Gasteiger partial charge in [0.15, 0.2) is 0 Å². The van der Waals surface area contributed by atoms with Crippen molar-refractivity contribution in [1.82, 2.24) is 5.32 Å². The highest BCUT2D eigenvalue weighted by molar-refractivity contribution is 5.98. The fourth-order valence-electron chi connectivity index (χ4n) is 4.44. The molecule has 0 aliphatic heterocycles. The van der Waals surface area contributed by atoms with Gasteiger partial charge >= 0.3 is 0 Å². The van der Waals surface area contributed by atoms with Crippen LogP contribution in [0.5, 0.6) is 0 Å². The molecule has 180 valence electrons. The summed E-state index contributed by atoms with van der Waals surface area (Å²) in [5.74, 6) is -1.30. The molecule has 33 heavy (non-hydrogen) atoms. The Labute approximate surface area is 197 Å². The molecule has 1 fully saturated rings. The summed E-state index contributed by atoms with van der Waals surface area (Å²) < 4.78 is 27.3. The lowest BCUT2D eigenvalue weighted by atomic mass is 9.79. The van der Waals surface area contributed by atoms with Crippen molar-refractivity contribution in [1.29, 1.82) is 0 Å². The van der Waals surface area contributed by atoms with Crippen LogP contribution in [0.1, 0.15) is 90.3 Å². The van der Waals surface area contributed by atoms with Crippen LogP contribution in [0, 0.1) is 11.6 Å². The topological polar surface area (TPSA) is 41.1 Å². The second-order valence-electron chi connectivity index (χ2n) is 11.5. The van der Waals surface area contributed by atoms with Gasteiger partial charge in [-0.1, -0.05) is 66.9 Å². The van der Waals surface area contributed by atoms with Crippen LogP contribution in [-0.4, -0.2) is 11.4 Å². The Balaban J connectivity index is 1.88. The summed E-state index contributed by atoms with van der Waals surface area (Å²) in [6.07, 6.45) is 4.35. The third kappa shape index (κ3) is 6.41. The molecule has 0 saturated heterocycles. The van der Waals surface area contributed by atoms with E-state index in [1.165, 1.54) is 23.3 Å². The zero-order valence-corrected chi connectivity index (χ0v) is 20.9. The van der Waals surface area contributed by atoms with Gasteiger partial charge in [0.2, 0.25) is 5.91 Å². The summed E-state index contributed by atoms with van der Waals surface area (Å²) in [5.41, 5.74) is 2.76. The summed E-state index contributed by atoms with van der Waals surface area (Å²) in [4.78, 5) is 13.6. The van der Waals surface area contributed by atoms with Gasteiger partial charge in [0.25, 0.3) is 0 Å². The molecule has 0 bridgehead atoms. The van der Waals surface area contributed by atoms with Crippen LogP contribution in [-0.2, 0) is 22.2 Å². The van der Waals surface area contributed by atoms with E-state index in [4.69, 9.17) is 0 Å². The third-order valence-electron chi connectivity index (χ3n) is 6.62. The molecule has 1 saturated carbocycles. The minimum Gasteiger partial charge on any atom is -0.324 e. The first-order valence-electron chi connectivity index (χ1n) is 12.0. The number of carbonyl (C=O) groups is 1. The van der Waals surface area contributed by atoms with Crippen molar-refractivity contribution >= 4 is 11.6 Å². The van der Waals surface area contributed by atoms with E-state index in [1.807, 2.05) is 0 Å². The van der Waals surface area contributed by atoms with E-state index in [-0.39, 0.29) is 23.3 Å². The molecule has 1 aliphatic rings. The summed E-state index contributed by atoms with van der Waals surface area (Å²) in [6.45, 7) is 13.2. The summed E-state index contributed by atoms with van der Waals surface area (Å²) in [5, 5.41) is 6.56. The monoisotopic (exact) mass is 456 g/mol. The zero-order valence-electron chi connectivity index (χ0n) is 20.9. The quantitative estimate of drug-likeness (QED) is 0.509. The molecule has 1 amide bonds. The molecular weight excluding hydrogens is 418 g/mol. The fourth-order valence-corrected chi connectivity index (χ4v) is 4.44. The van der Waals surface area contributed by atoms with E-state index < -0.39 is 17.2 Å². The minimum atomic E-state index is -0.763. The molecule has 0 heterocycles. The lowest BCUT2D eigenvalue weighted by Gasteiger charge is -2.37. The fraction of sp³-hybridized carbons (Fsp3) is 0.536. The number of amides is 1. The van der Waals surface area contributed by atoms with Gasteiger partial charge in [-0.05, 0) is 64.6 Å². The number of carbonyl (C=O) groups excluding carboxylic acids is 1. The largest absolute Gasteiger partial charge is 0.324 e. The summed E-state index contributed by atoms with van der Waals surface area (Å²) in [7, 11) is 0. The van der Waals surface area contributed by atoms with E-state index in [0.29, 0.717) is 18.4 Å². The van der Waals surface area contributed by atoms with Crippen LogP contribution in [0.25, 0.3) is 0 Å². The first kappa shape index (κ1) is 25.4. The molecule has 0 aromatic heterocycles. The van der Waals surface area contributed by atoms with Crippen LogP contribution < -0.4 is 10.6 Å². The molecule has 5 heteroatoms. The zero-order chi connectivity index (χ0) is 24.4. The van der Waals surface area contributed by atoms with Gasteiger partial charge in [-0.3, -0.25) is 10.1 Å². The number of benzene rings is 2. The first-order chi connectivity index (χ1) is 15.3. The van der Waals surface area contributed by atoms with Crippen molar-refractivity contribution in [2.75, 3.05) is 5.32 Å². The van der Waals surface area contributed by atoms with Gasteiger partial charge < -0.3 is 5.32 Å². The van der Waals surface area contributed by atoms with Gasteiger partial charge in [0.1, 0.15) is 11.6 Å². The highest BCUT2D eigenvalue weighted by Crippen LogP contribution is 2.34. The molecule has 3 rings (SSSR count). The highest BCUT2D eigenvalue weighted by atomic mass is 19.1. The summed E-state index contributed by atoms with van der Waals surface area (Å²) >= 11 is 0. The van der Waals surface area contributed by atoms with Crippen LogP contribution in [0.3, 0.4) is 0 Å². The normalized spacial score (nSPS) is 16.5. The van der Waals surface area contributed by atoms with Crippen LogP contribution in [0.15, 0.2) is 36.4 Å². The van der Waals surface area contributed by atoms with Crippen LogP contribution in [0.4, 0.5) is 14.5 Å². The molecule has 0 spiro atoms. The van der Waals surface area contributed by atoms with Gasteiger partial charge in [-0.15, -0.1) is 0 Å². The average Bonchev–Trinajstić information content (AvgIpc) is 2.71. The number of rotatable bonds is 5. The van der Waals surface area contributed by atoms with Gasteiger partial charge in [-0.2, -0.15) is 0 Å². The molecule has 2 N–H and O–H groups in total. The number of anilines is 1. The Morgan fingerprint density at radius 3 is 1.82 bits per heavy atom. The van der Waals surface area contributed by atoms with Crippen molar-refractivity contribution in [2.45, 2.75) is 96.6 Å². The predicted molar refractivity (Wildman–Crippen MR) is 131 cm³/mol. The van der Waals surface area contributed by atoms with Crippen molar-refractivity contribution in [3.63, 3.8) is 0 Å². The van der Waals surface area contributed by atoms with Gasteiger partial charge in [-0.25, -0.2) is 8.78 Å². The smallest absolute Gasteiger partial charge is 0.244 e. The van der Waals surface area contributed by atoms with Gasteiger partial charge in [0.05, 0.1) is 5.54 Å². The van der Waals surface area contributed by atoms with E-state index in [9.17, 15) is 13.6 Å². The molecule has 1 aliphatic carbocycles. The number of nitrogens with one attached hydrogen (secondary N) is 2. The van der Waals surface area contributed by atoms with Crippen molar-refractivity contribution in [2.24, 2.45) is 0 Å². The van der Waals surface area contributed by atoms with Crippen LogP contribution in [0.2, 0.25) is 0 Å². The summed E-state index contributed by atoms with van der Waals surface area (Å²) in [6, 6.07) is 9.83. The standard InChI is InChI=1S/C28H38F2N2O/c1-26(2,3)20-14-21(27(4,5)6)16-24(15-20)32-25(33)28(10-8-7-9-11-28)31-18-19-12-22(29)17-23(30)13-19/h12-17,31H,7-11,18H2,1-6H3,(H,32,33). The minimum absolute atomic E-state index is 0.0526. The predicted octanol–water partition coefficient (Wildman–Crippen LogP) is 6.99. The Kier molecular flexibility index (Phi) is 7.33. The van der Waals surface area contributed by atoms with E-state index in [1.54, 1.807) is 0 Å². The Morgan fingerprint density at radius 1 is 0.818 bits per heavy atom. The van der Waals surface area contributed by atoms with Crippen molar-refractivity contribution < 1.29 is 13.6 Å². The number of hydrogen-bond donors (Lipinski definition) is 2. The number of hydrogen-bond acceptors (Lipinski definition) is 2. The van der Waals surface area contributed by atoms with Crippen LogP contribution >= 0.6 is 0 Å². The Hall–Kier alpha value is -2.27. The average molecular weight is 457 g/mol. The number of halogens is 2. The molecule has 0 unspecified atom stereocenters. The van der Waals surface area contributed by atoms with E-state index in [2.05, 4.69) is 70.4 Å². The molecule has 2 aromatic rings. The molecule has 0 radical (unpaired) electrons. The molecular formula is C28H38F2N2O. The lowest BCUT2D eigenvalue weighted by Crippen LogP contribution is -2.55. The maximum atomic E-state index is 13.7. The first-order valence-corrected chi connectivity index (χ1v) is 12.0. The van der Waals surface area contributed by atoms with Crippen molar-refractivity contribution in [3.8, 4) is 0 Å². The molecule has 0 atom stereocenters. The molecule has 2 aromatic carbocycles. The maximum Gasteiger partial charge on any atom is 0.244 e. The van der Waals surface area contributed by atoms with Crippen molar-refractivity contribution in [3.05, 3.63) is 64.7 Å². The Morgan fingerprint density at radius 2 is 1.33 bits per heavy atom. The molecule has 3 nitrogen and oxygen atoms in total. The maximum absolute atomic E-state index is 13.7. The SMILES string of the molecule is CC(C)(C)c1cc(NC(=O)C2(NCc3cc(F)cc(F)c3)CCCCC2)cc(C(C)(C)C)c1. The van der Waals surface area contributed by atoms with E-state index >= 15 is 0 Å². The van der Waals surface area contributed by atoms with E-state index in [0.717, 1.165) is 31.0 Å². The Bertz CT molecular complexity index is 943.